The van der Waals surface area contributed by atoms with E-state index in [1.54, 1.807) is 0 Å². The lowest BCUT2D eigenvalue weighted by atomic mass is 10.2. The molecule has 0 bridgehead atoms. The molecule has 2 aromatic heterocycles. The van der Waals surface area contributed by atoms with Crippen LogP contribution in [0, 0.1) is 13.8 Å². The van der Waals surface area contributed by atoms with Gasteiger partial charge in [-0.25, -0.2) is 9.97 Å². The second-order valence-electron chi connectivity index (χ2n) is 5.52. The van der Waals surface area contributed by atoms with Crippen molar-refractivity contribution in [2.45, 2.75) is 51.7 Å². The number of hydrogen-bond acceptors (Lipinski definition) is 5. The Morgan fingerprint density at radius 3 is 2.65 bits per heavy atom. The number of fused-ring (bicyclic) bond motifs is 1. The Bertz CT molecular complexity index is 768. The highest BCUT2D eigenvalue weighted by Gasteiger charge is 2.12. The third kappa shape index (κ3) is 4.31. The highest BCUT2D eigenvalue weighted by atomic mass is 32.2. The molecule has 23 heavy (non-hydrogen) atoms. The Balaban J connectivity index is 2.15. The molecule has 0 aliphatic heterocycles. The number of aryl methyl sites for hydroxylation is 2. The molecule has 0 aliphatic rings. The number of thioether (sulfide) groups is 1. The quantitative estimate of drug-likeness (QED) is 0.625. The molecule has 7 heteroatoms. The van der Waals surface area contributed by atoms with Gasteiger partial charge in [0, 0.05) is 11.7 Å². The fraction of sp³-hybridized carbons (Fsp3) is 0.500. The van der Waals surface area contributed by atoms with Gasteiger partial charge < -0.3 is 10.3 Å². The van der Waals surface area contributed by atoms with Gasteiger partial charge in [-0.2, -0.15) is 0 Å². The van der Waals surface area contributed by atoms with Crippen LogP contribution in [0.4, 0.5) is 0 Å². The molecule has 0 atom stereocenters. The molecule has 2 N–H and O–H groups in total. The number of carbonyl (C=O) groups is 1. The van der Waals surface area contributed by atoms with E-state index >= 15 is 0 Å². The minimum Gasteiger partial charge on any atom is -0.353 e. The van der Waals surface area contributed by atoms with Gasteiger partial charge >= 0.3 is 0 Å². The van der Waals surface area contributed by atoms with Crippen molar-refractivity contribution in [3.63, 3.8) is 0 Å². The number of nitrogens with one attached hydrogen (secondary N) is 2. The SMILES string of the molecule is CCC(CC)NC(=O)CSc1nc2nc(C)cc(C)c2c(=O)[nH]1. The van der Waals surface area contributed by atoms with E-state index in [9.17, 15) is 9.59 Å². The number of amides is 1. The van der Waals surface area contributed by atoms with Crippen LogP contribution in [0.5, 0.6) is 0 Å². The summed E-state index contributed by atoms with van der Waals surface area (Å²) >= 11 is 1.21. The summed E-state index contributed by atoms with van der Waals surface area (Å²) in [5.74, 6) is 0.162. The summed E-state index contributed by atoms with van der Waals surface area (Å²) in [5.41, 5.74) is 1.87. The third-order valence-corrected chi connectivity index (χ3v) is 4.54. The predicted octanol–water partition coefficient (Wildman–Crippen LogP) is 2.33. The van der Waals surface area contributed by atoms with Gasteiger partial charge in [0.1, 0.15) is 0 Å². The van der Waals surface area contributed by atoms with Gasteiger partial charge in [-0.15, -0.1) is 0 Å². The fourth-order valence-corrected chi connectivity index (χ4v) is 3.09. The van der Waals surface area contributed by atoms with E-state index in [1.165, 1.54) is 11.8 Å². The smallest absolute Gasteiger partial charge is 0.261 e. The molecule has 2 rings (SSSR count). The number of carbonyl (C=O) groups excluding carboxylic acids is 1. The van der Waals surface area contributed by atoms with Gasteiger partial charge in [0.05, 0.1) is 11.1 Å². The molecule has 0 unspecified atom stereocenters. The van der Waals surface area contributed by atoms with Crippen LogP contribution in [-0.4, -0.2) is 32.7 Å². The number of H-pyrrole nitrogens is 1. The van der Waals surface area contributed by atoms with Crippen LogP contribution in [0.1, 0.15) is 37.9 Å². The summed E-state index contributed by atoms with van der Waals surface area (Å²) in [5, 5.41) is 3.88. The molecule has 2 heterocycles. The zero-order valence-electron chi connectivity index (χ0n) is 13.9. The summed E-state index contributed by atoms with van der Waals surface area (Å²) in [7, 11) is 0. The minimum atomic E-state index is -0.220. The average molecular weight is 334 g/mol. The lowest BCUT2D eigenvalue weighted by Gasteiger charge is -2.14. The average Bonchev–Trinajstić information content (AvgIpc) is 2.49. The zero-order valence-corrected chi connectivity index (χ0v) is 14.7. The first-order valence-corrected chi connectivity index (χ1v) is 8.73. The van der Waals surface area contributed by atoms with E-state index in [0.717, 1.165) is 24.1 Å². The van der Waals surface area contributed by atoms with E-state index in [1.807, 2.05) is 33.8 Å². The second kappa shape index (κ2) is 7.59. The number of aromatic nitrogens is 3. The molecule has 6 nitrogen and oxygen atoms in total. The van der Waals surface area contributed by atoms with Crippen molar-refractivity contribution in [1.82, 2.24) is 20.3 Å². The van der Waals surface area contributed by atoms with Crippen LogP contribution in [0.15, 0.2) is 16.0 Å². The molecule has 124 valence electrons. The van der Waals surface area contributed by atoms with E-state index in [0.29, 0.717) is 16.2 Å². The van der Waals surface area contributed by atoms with Gasteiger partial charge in [-0.3, -0.25) is 9.59 Å². The number of nitrogens with zero attached hydrogens (tertiary/aromatic N) is 2. The van der Waals surface area contributed by atoms with E-state index in [-0.39, 0.29) is 23.3 Å². The summed E-state index contributed by atoms with van der Waals surface area (Å²) in [6.45, 7) is 7.82. The largest absolute Gasteiger partial charge is 0.353 e. The Kier molecular flexibility index (Phi) is 5.76. The van der Waals surface area contributed by atoms with Gasteiger partial charge in [0.25, 0.3) is 5.56 Å². The Hall–Kier alpha value is -1.89. The summed E-state index contributed by atoms with van der Waals surface area (Å²) in [6, 6.07) is 2.05. The first-order chi connectivity index (χ1) is 10.9. The van der Waals surface area contributed by atoms with E-state index in [4.69, 9.17) is 0 Å². The maximum atomic E-state index is 12.2. The maximum absolute atomic E-state index is 12.2. The molecule has 0 saturated carbocycles. The molecule has 0 spiro atoms. The number of aromatic amines is 1. The molecule has 0 aliphatic carbocycles. The van der Waals surface area contributed by atoms with Gasteiger partial charge in [-0.05, 0) is 38.3 Å². The first kappa shape index (κ1) is 17.5. The fourth-order valence-electron chi connectivity index (χ4n) is 2.43. The number of rotatable bonds is 6. The van der Waals surface area contributed by atoms with Crippen LogP contribution in [0.2, 0.25) is 0 Å². The van der Waals surface area contributed by atoms with Crippen LogP contribution in [0.3, 0.4) is 0 Å². The van der Waals surface area contributed by atoms with Gasteiger partial charge in [-0.1, -0.05) is 25.6 Å². The maximum Gasteiger partial charge on any atom is 0.261 e. The molecule has 1 amide bonds. The Morgan fingerprint density at radius 1 is 1.30 bits per heavy atom. The standard InChI is InChI=1S/C16H22N4O2S/c1-5-11(6-2)18-12(21)8-23-16-19-14-13(15(22)20-16)9(3)7-10(4)17-14/h7,11H,5-6,8H2,1-4H3,(H,18,21)(H,17,19,20,22). The van der Waals surface area contributed by atoms with Crippen LogP contribution in [0.25, 0.3) is 11.0 Å². The Labute approximate surface area is 139 Å². The highest BCUT2D eigenvalue weighted by molar-refractivity contribution is 7.99. The van der Waals surface area contributed by atoms with Crippen molar-refractivity contribution in [2.75, 3.05) is 5.75 Å². The van der Waals surface area contributed by atoms with Crippen molar-refractivity contribution in [3.8, 4) is 0 Å². The van der Waals surface area contributed by atoms with Crippen LogP contribution < -0.4 is 10.9 Å². The van der Waals surface area contributed by atoms with Crippen molar-refractivity contribution >= 4 is 28.7 Å². The normalized spacial score (nSPS) is 11.2. The molecule has 0 aromatic carbocycles. The zero-order chi connectivity index (χ0) is 17.0. The third-order valence-electron chi connectivity index (χ3n) is 3.67. The second-order valence-corrected chi connectivity index (χ2v) is 6.48. The summed E-state index contributed by atoms with van der Waals surface area (Å²) in [4.78, 5) is 35.5. The van der Waals surface area contributed by atoms with Crippen LogP contribution in [-0.2, 0) is 4.79 Å². The van der Waals surface area contributed by atoms with Crippen molar-refractivity contribution in [2.24, 2.45) is 0 Å². The first-order valence-electron chi connectivity index (χ1n) is 7.75. The van der Waals surface area contributed by atoms with Crippen molar-refractivity contribution in [3.05, 3.63) is 27.7 Å². The molecule has 0 radical (unpaired) electrons. The molecular weight excluding hydrogens is 312 g/mol. The molecule has 0 saturated heterocycles. The number of pyridine rings is 1. The topological polar surface area (TPSA) is 87.7 Å². The minimum absolute atomic E-state index is 0.0557. The van der Waals surface area contributed by atoms with Crippen LogP contribution >= 0.6 is 11.8 Å². The van der Waals surface area contributed by atoms with E-state index in [2.05, 4.69) is 20.3 Å². The van der Waals surface area contributed by atoms with Gasteiger partial charge in [0.15, 0.2) is 10.8 Å². The monoisotopic (exact) mass is 334 g/mol. The van der Waals surface area contributed by atoms with Gasteiger partial charge in [0.2, 0.25) is 5.91 Å². The van der Waals surface area contributed by atoms with E-state index < -0.39 is 0 Å². The summed E-state index contributed by atoms with van der Waals surface area (Å²) < 4.78 is 0. The number of hydrogen-bond donors (Lipinski definition) is 2. The molecular formula is C16H22N4O2S. The molecule has 0 fully saturated rings. The molecule has 2 aromatic rings. The van der Waals surface area contributed by atoms with Crippen molar-refractivity contribution in [1.29, 1.82) is 0 Å². The summed E-state index contributed by atoms with van der Waals surface area (Å²) in [6.07, 6.45) is 1.81. The predicted molar refractivity (Wildman–Crippen MR) is 92.9 cm³/mol. The lowest BCUT2D eigenvalue weighted by molar-refractivity contribution is -0.119. The lowest BCUT2D eigenvalue weighted by Crippen LogP contribution is -2.35. The van der Waals surface area contributed by atoms with Crippen molar-refractivity contribution < 1.29 is 4.79 Å². The highest BCUT2D eigenvalue weighted by Crippen LogP contribution is 2.16. The Morgan fingerprint density at radius 2 is 2.00 bits per heavy atom.